The Balaban J connectivity index is 1.29. The van der Waals surface area contributed by atoms with E-state index in [1.807, 2.05) is 56.4 Å². The molecule has 4 atom stereocenters. The molecule has 3 aromatic heterocycles. The van der Waals surface area contributed by atoms with E-state index in [0.717, 1.165) is 50.0 Å². The number of amides is 2. The number of carbonyl (C=O) groups is 2. The molecule has 13 heteroatoms. The molecule has 0 saturated heterocycles. The Morgan fingerprint density at radius 3 is 2.70 bits per heavy atom. The van der Waals surface area contributed by atoms with Gasteiger partial charge in [0.25, 0.3) is 0 Å². The molecule has 10 bridgehead atoms. The zero-order valence-corrected chi connectivity index (χ0v) is 30.1. The molecular formula is C41H36N6O7. The second-order valence-electron chi connectivity index (χ2n) is 14.8. The molecule has 7 heterocycles. The van der Waals surface area contributed by atoms with Gasteiger partial charge in [0.05, 0.1) is 18.8 Å². The van der Waals surface area contributed by atoms with Crippen LogP contribution in [0.5, 0.6) is 11.5 Å². The lowest BCUT2D eigenvalue weighted by Gasteiger charge is -2.28. The molecule has 0 radical (unpaired) electrons. The minimum absolute atomic E-state index is 0.134. The molecule has 272 valence electrons. The highest BCUT2D eigenvalue weighted by atomic mass is 16.5. The van der Waals surface area contributed by atoms with Gasteiger partial charge in [-0.1, -0.05) is 44.2 Å². The average Bonchev–Trinajstić information content (AvgIpc) is 3.98. The van der Waals surface area contributed by atoms with Gasteiger partial charge in [-0.15, -0.1) is 0 Å². The number of ether oxygens (including phenoxy) is 2. The molecule has 6 aromatic rings. The molecule has 4 aliphatic heterocycles. The molecule has 13 nitrogen and oxygen atoms in total. The Hall–Kier alpha value is -6.34. The van der Waals surface area contributed by atoms with Crippen molar-refractivity contribution in [1.29, 1.82) is 0 Å². The van der Waals surface area contributed by atoms with E-state index in [1.54, 1.807) is 27.2 Å². The van der Waals surface area contributed by atoms with Crippen molar-refractivity contribution in [1.82, 2.24) is 25.6 Å². The van der Waals surface area contributed by atoms with Gasteiger partial charge in [0.15, 0.2) is 23.4 Å². The molecule has 2 amide bonds. The molecule has 3 aromatic carbocycles. The van der Waals surface area contributed by atoms with Crippen molar-refractivity contribution in [2.24, 2.45) is 5.92 Å². The van der Waals surface area contributed by atoms with Crippen LogP contribution in [0.15, 0.2) is 75.3 Å². The van der Waals surface area contributed by atoms with Gasteiger partial charge in [0, 0.05) is 45.9 Å². The smallest absolute Gasteiger partial charge is 0.249 e. The first-order valence-corrected chi connectivity index (χ1v) is 17.9. The number of H-pyrrole nitrogens is 1. The molecule has 54 heavy (non-hydrogen) atoms. The normalized spacial score (nSPS) is 20.6. The standard InChI is InChI=1S/C41H36N6O7/c1-17(2)30-39-46-33-35(54-39)41-23-8-6-7-21(20-10-12-27(51-5)32-29(20)22(15-42-32)28-16-43-38(33)52-28)31(23)47-40(41)53-26-11-9-19(13-24(26)41)14-25(36(49)45-30)44-37(50)34(48)18(3)4/h6-13,15-16,18,25,34,40,42,47-48H,14H2,1-5H3,(H,44,50)(H,45,49)/t25-,34-,40?,41?/m0/s1. The number of para-hydroxylation sites is 1. The van der Waals surface area contributed by atoms with Crippen LogP contribution in [0.4, 0.5) is 5.69 Å². The number of hydrogen-bond donors (Lipinski definition) is 5. The number of rotatable bonds is 4. The number of aromatic amines is 1. The number of nitrogens with zero attached hydrogens (tertiary/aromatic N) is 2. The highest BCUT2D eigenvalue weighted by Gasteiger charge is 2.61. The SMILES string of the molecule is COc1ccc2c3c(c[nH]c13)-c1cnc(o1)-c1nc3oc1C14c5cc(ccc5OC1Nc1c-2cccc14)C[C@H](NC(=O)[C@@H](O)C(C)C)C(=O)NC3=C(C)C. The van der Waals surface area contributed by atoms with Gasteiger partial charge in [-0.05, 0) is 54.7 Å². The van der Waals surface area contributed by atoms with E-state index >= 15 is 0 Å². The number of allylic oxidation sites excluding steroid dienone is 1. The predicted molar refractivity (Wildman–Crippen MR) is 199 cm³/mol. The number of oxazole rings is 2. The lowest BCUT2D eigenvalue weighted by molar-refractivity contribution is -0.135. The van der Waals surface area contributed by atoms with Crippen molar-refractivity contribution in [3.05, 3.63) is 94.8 Å². The lowest BCUT2D eigenvalue weighted by atomic mass is 9.72. The van der Waals surface area contributed by atoms with Crippen molar-refractivity contribution in [3.63, 3.8) is 0 Å². The Labute approximate surface area is 308 Å². The van der Waals surface area contributed by atoms with Gasteiger partial charge in [-0.2, -0.15) is 0 Å². The van der Waals surface area contributed by atoms with Gasteiger partial charge in [0.1, 0.15) is 34.8 Å². The summed E-state index contributed by atoms with van der Waals surface area (Å²) in [6.45, 7) is 7.17. The fourth-order valence-electron chi connectivity index (χ4n) is 8.42. The number of carbonyl (C=O) groups excluding carboxylic acids is 2. The van der Waals surface area contributed by atoms with E-state index in [1.165, 1.54) is 0 Å². The summed E-state index contributed by atoms with van der Waals surface area (Å²) < 4.78 is 26.1. The van der Waals surface area contributed by atoms with Crippen LogP contribution in [-0.4, -0.2) is 57.4 Å². The van der Waals surface area contributed by atoms with Crippen LogP contribution in [0.2, 0.25) is 0 Å². The fraction of sp³-hybridized carbons (Fsp3) is 0.268. The summed E-state index contributed by atoms with van der Waals surface area (Å²) in [6.07, 6.45) is 1.72. The number of aliphatic hydroxyl groups excluding tert-OH is 1. The van der Waals surface area contributed by atoms with E-state index in [0.29, 0.717) is 40.0 Å². The zero-order chi connectivity index (χ0) is 37.2. The first-order valence-electron chi connectivity index (χ1n) is 17.9. The molecule has 2 unspecified atom stereocenters. The Morgan fingerprint density at radius 1 is 1.06 bits per heavy atom. The highest BCUT2D eigenvalue weighted by molar-refractivity contribution is 6.09. The number of methoxy groups -OCH3 is 1. The summed E-state index contributed by atoms with van der Waals surface area (Å²) in [4.78, 5) is 40.6. The fourth-order valence-corrected chi connectivity index (χ4v) is 8.42. The Bertz CT molecular complexity index is 2630. The zero-order valence-electron chi connectivity index (χ0n) is 30.1. The quantitative estimate of drug-likeness (QED) is 0.148. The molecule has 0 aliphatic carbocycles. The lowest BCUT2D eigenvalue weighted by Crippen LogP contribution is -2.51. The van der Waals surface area contributed by atoms with Gasteiger partial charge in [-0.25, -0.2) is 9.97 Å². The van der Waals surface area contributed by atoms with E-state index in [2.05, 4.69) is 33.1 Å². The third-order valence-corrected chi connectivity index (χ3v) is 11.1. The number of hydrogen-bond acceptors (Lipinski definition) is 10. The van der Waals surface area contributed by atoms with Crippen LogP contribution >= 0.6 is 0 Å². The number of nitrogens with one attached hydrogen (secondary N) is 4. The molecular weight excluding hydrogens is 688 g/mol. The number of benzene rings is 3. The van der Waals surface area contributed by atoms with Crippen molar-refractivity contribution in [2.45, 2.75) is 57.9 Å². The van der Waals surface area contributed by atoms with Crippen molar-refractivity contribution in [2.75, 3.05) is 12.4 Å². The summed E-state index contributed by atoms with van der Waals surface area (Å²) in [6, 6.07) is 14.9. The van der Waals surface area contributed by atoms with Crippen molar-refractivity contribution >= 4 is 34.1 Å². The predicted octanol–water partition coefficient (Wildman–Crippen LogP) is 5.87. The van der Waals surface area contributed by atoms with Gasteiger partial charge >= 0.3 is 0 Å². The Kier molecular flexibility index (Phi) is 6.78. The molecule has 1 spiro atoms. The van der Waals surface area contributed by atoms with Gasteiger partial charge in [0.2, 0.25) is 23.6 Å². The maximum absolute atomic E-state index is 14.1. The van der Waals surface area contributed by atoms with E-state index < -0.39 is 35.6 Å². The van der Waals surface area contributed by atoms with E-state index in [-0.39, 0.29) is 24.1 Å². The number of aromatic nitrogens is 3. The van der Waals surface area contributed by atoms with Crippen LogP contribution in [0.1, 0.15) is 56.0 Å². The van der Waals surface area contributed by atoms with Crippen LogP contribution in [0.25, 0.3) is 50.6 Å². The molecule has 5 N–H and O–H groups in total. The summed E-state index contributed by atoms with van der Waals surface area (Å²) in [7, 11) is 1.64. The second kappa shape index (κ2) is 11.3. The van der Waals surface area contributed by atoms with Crippen LogP contribution in [0.3, 0.4) is 0 Å². The van der Waals surface area contributed by atoms with Crippen LogP contribution in [-0.2, 0) is 21.4 Å². The first-order chi connectivity index (χ1) is 26.1. The first kappa shape index (κ1) is 32.3. The second-order valence-corrected chi connectivity index (χ2v) is 14.8. The molecule has 4 aliphatic rings. The van der Waals surface area contributed by atoms with E-state index in [4.69, 9.17) is 28.3 Å². The van der Waals surface area contributed by atoms with Gasteiger partial charge < -0.3 is 44.3 Å². The topological polar surface area (TPSA) is 177 Å². The number of anilines is 1. The third kappa shape index (κ3) is 4.29. The molecule has 10 rings (SSSR count). The van der Waals surface area contributed by atoms with Crippen LogP contribution < -0.4 is 25.4 Å². The molecule has 0 fully saturated rings. The number of fused-ring (bicyclic) bond motifs is 7. The average molecular weight is 725 g/mol. The van der Waals surface area contributed by atoms with Crippen molar-refractivity contribution < 1.29 is 33.0 Å². The minimum atomic E-state index is -1.30. The third-order valence-electron chi connectivity index (χ3n) is 11.1. The van der Waals surface area contributed by atoms with E-state index in [9.17, 15) is 14.7 Å². The summed E-state index contributed by atoms with van der Waals surface area (Å²) in [5, 5.41) is 21.1. The largest absolute Gasteiger partial charge is 0.495 e. The van der Waals surface area contributed by atoms with Gasteiger partial charge in [-0.3, -0.25) is 9.59 Å². The maximum atomic E-state index is 14.1. The minimum Gasteiger partial charge on any atom is -0.495 e. The van der Waals surface area contributed by atoms with Crippen molar-refractivity contribution in [3.8, 4) is 45.5 Å². The van der Waals surface area contributed by atoms with Crippen LogP contribution in [0, 0.1) is 5.92 Å². The monoisotopic (exact) mass is 724 g/mol. The Morgan fingerprint density at radius 2 is 1.91 bits per heavy atom. The molecule has 0 saturated carbocycles. The maximum Gasteiger partial charge on any atom is 0.249 e. The summed E-state index contributed by atoms with van der Waals surface area (Å²) >= 11 is 0. The summed E-state index contributed by atoms with van der Waals surface area (Å²) in [5.74, 6) is 1.13. The summed E-state index contributed by atoms with van der Waals surface area (Å²) in [5.41, 5.74) is 7.05. The highest BCUT2D eigenvalue weighted by Crippen LogP contribution is 2.61. The number of aliphatic hydroxyl groups is 1.